The molecular formula is C20H17F3N4O3. The number of alkyl halides is 3. The first-order valence-corrected chi connectivity index (χ1v) is 9.02. The van der Waals surface area contributed by atoms with Gasteiger partial charge in [-0.25, -0.2) is 9.67 Å². The van der Waals surface area contributed by atoms with Gasteiger partial charge in [0.1, 0.15) is 0 Å². The second kappa shape index (κ2) is 7.36. The summed E-state index contributed by atoms with van der Waals surface area (Å²) in [7, 11) is 0. The molecule has 1 aromatic carbocycles. The van der Waals surface area contributed by atoms with Gasteiger partial charge in [0.05, 0.1) is 29.1 Å². The van der Waals surface area contributed by atoms with Crippen molar-refractivity contribution in [3.63, 3.8) is 0 Å². The maximum atomic E-state index is 12.7. The summed E-state index contributed by atoms with van der Waals surface area (Å²) >= 11 is 0. The van der Waals surface area contributed by atoms with Crippen LogP contribution in [-0.4, -0.2) is 27.5 Å². The van der Waals surface area contributed by atoms with Crippen molar-refractivity contribution in [3.8, 4) is 17.3 Å². The molecule has 0 spiro atoms. The van der Waals surface area contributed by atoms with Crippen LogP contribution >= 0.6 is 0 Å². The summed E-state index contributed by atoms with van der Waals surface area (Å²) in [4.78, 5) is 16.5. The molecule has 1 atom stereocenters. The lowest BCUT2D eigenvalue weighted by atomic mass is 10.1. The van der Waals surface area contributed by atoms with Crippen LogP contribution in [0.25, 0.3) is 5.82 Å². The number of carbonyl (C=O) groups excluding carboxylic acids is 1. The van der Waals surface area contributed by atoms with E-state index in [0.717, 1.165) is 17.8 Å². The van der Waals surface area contributed by atoms with E-state index < -0.39 is 11.7 Å². The fourth-order valence-electron chi connectivity index (χ4n) is 3.08. The number of carbonyl (C=O) groups is 1. The first-order chi connectivity index (χ1) is 14.2. The maximum Gasteiger partial charge on any atom is 0.417 e. The molecule has 1 aliphatic rings. The van der Waals surface area contributed by atoms with Gasteiger partial charge in [-0.15, -0.1) is 0 Å². The Bertz CT molecular complexity index is 1090. The number of ether oxygens (including phenoxy) is 2. The molecule has 30 heavy (non-hydrogen) atoms. The van der Waals surface area contributed by atoms with Crippen molar-refractivity contribution in [3.05, 3.63) is 65.1 Å². The molecule has 1 aliphatic heterocycles. The molecule has 156 valence electrons. The maximum absolute atomic E-state index is 12.7. The third-order valence-electron chi connectivity index (χ3n) is 4.79. The highest BCUT2D eigenvalue weighted by Gasteiger charge is 2.31. The molecule has 1 N–H and O–H groups in total. The molecule has 10 heteroatoms. The normalized spacial score (nSPS) is 13.9. The van der Waals surface area contributed by atoms with Crippen molar-refractivity contribution in [2.45, 2.75) is 26.1 Å². The lowest BCUT2D eigenvalue weighted by Gasteiger charge is -2.15. The average Bonchev–Trinajstić information content (AvgIpc) is 3.33. The number of amides is 1. The third kappa shape index (κ3) is 3.68. The highest BCUT2D eigenvalue weighted by molar-refractivity contribution is 5.95. The minimum Gasteiger partial charge on any atom is -0.454 e. The Morgan fingerprint density at radius 3 is 2.63 bits per heavy atom. The SMILES string of the molecule is Cc1c(C(=O)NC(C)c2ccc3c(c2)OCO3)cnn1-c1ccc(C(F)(F)F)cn1. The summed E-state index contributed by atoms with van der Waals surface area (Å²) < 4.78 is 50.1. The Kier molecular flexibility index (Phi) is 4.84. The predicted molar refractivity (Wildman–Crippen MR) is 99.5 cm³/mol. The van der Waals surface area contributed by atoms with Crippen LogP contribution < -0.4 is 14.8 Å². The van der Waals surface area contributed by atoms with E-state index in [1.54, 1.807) is 19.1 Å². The number of hydrogen-bond acceptors (Lipinski definition) is 5. The van der Waals surface area contributed by atoms with E-state index in [9.17, 15) is 18.0 Å². The van der Waals surface area contributed by atoms with Crippen molar-refractivity contribution in [1.82, 2.24) is 20.1 Å². The predicted octanol–water partition coefficient (Wildman–Crippen LogP) is 3.81. The Morgan fingerprint density at radius 2 is 1.93 bits per heavy atom. The first kappa shape index (κ1) is 19.7. The van der Waals surface area contributed by atoms with E-state index in [0.29, 0.717) is 22.8 Å². The smallest absolute Gasteiger partial charge is 0.417 e. The van der Waals surface area contributed by atoms with E-state index in [4.69, 9.17) is 9.47 Å². The van der Waals surface area contributed by atoms with Gasteiger partial charge in [0.25, 0.3) is 5.91 Å². The van der Waals surface area contributed by atoms with Gasteiger partial charge in [-0.2, -0.15) is 18.3 Å². The van der Waals surface area contributed by atoms with Gasteiger partial charge in [0, 0.05) is 6.20 Å². The van der Waals surface area contributed by atoms with Crippen molar-refractivity contribution in [1.29, 1.82) is 0 Å². The summed E-state index contributed by atoms with van der Waals surface area (Å²) in [5.74, 6) is 1.09. The standard InChI is InChI=1S/C20H17F3N4O3/c1-11(13-3-5-16-17(7-13)30-10-29-16)26-19(28)15-9-25-27(12(15)2)18-6-4-14(8-24-18)20(21,22)23/h3-9,11H,10H2,1-2H3,(H,26,28). The van der Waals surface area contributed by atoms with E-state index in [-0.39, 0.29) is 24.6 Å². The third-order valence-corrected chi connectivity index (χ3v) is 4.79. The van der Waals surface area contributed by atoms with E-state index >= 15 is 0 Å². The van der Waals surface area contributed by atoms with Gasteiger partial charge in [0.2, 0.25) is 6.79 Å². The molecule has 7 nitrogen and oxygen atoms in total. The van der Waals surface area contributed by atoms with Crippen molar-refractivity contribution in [2.75, 3.05) is 6.79 Å². The lowest BCUT2D eigenvalue weighted by molar-refractivity contribution is -0.137. The summed E-state index contributed by atoms with van der Waals surface area (Å²) in [6.07, 6.45) is -2.38. The van der Waals surface area contributed by atoms with Crippen molar-refractivity contribution in [2.24, 2.45) is 0 Å². The van der Waals surface area contributed by atoms with Crippen LogP contribution in [0.1, 0.15) is 40.1 Å². The van der Waals surface area contributed by atoms with Gasteiger partial charge in [0.15, 0.2) is 17.3 Å². The van der Waals surface area contributed by atoms with E-state index in [1.165, 1.54) is 16.9 Å². The number of benzene rings is 1. The van der Waals surface area contributed by atoms with Crippen LogP contribution in [0.15, 0.2) is 42.7 Å². The van der Waals surface area contributed by atoms with Gasteiger partial charge in [-0.3, -0.25) is 4.79 Å². The summed E-state index contributed by atoms with van der Waals surface area (Å²) in [5, 5.41) is 6.98. The molecule has 0 saturated heterocycles. The Morgan fingerprint density at radius 1 is 1.17 bits per heavy atom. The van der Waals surface area contributed by atoms with Crippen LogP contribution in [0.5, 0.6) is 11.5 Å². The van der Waals surface area contributed by atoms with E-state index in [2.05, 4.69) is 15.4 Å². The number of halogens is 3. The zero-order valence-corrected chi connectivity index (χ0v) is 16.0. The molecule has 3 heterocycles. The number of nitrogens with zero attached hydrogens (tertiary/aromatic N) is 3. The van der Waals surface area contributed by atoms with Crippen LogP contribution in [0, 0.1) is 6.92 Å². The van der Waals surface area contributed by atoms with Gasteiger partial charge >= 0.3 is 6.18 Å². The fourth-order valence-corrected chi connectivity index (χ4v) is 3.08. The average molecular weight is 418 g/mol. The molecule has 2 aromatic heterocycles. The number of rotatable bonds is 4. The van der Waals surface area contributed by atoms with Crippen LogP contribution in [0.4, 0.5) is 13.2 Å². The van der Waals surface area contributed by atoms with Gasteiger partial charge < -0.3 is 14.8 Å². The number of hydrogen-bond donors (Lipinski definition) is 1. The van der Waals surface area contributed by atoms with Gasteiger partial charge in [-0.05, 0) is 43.7 Å². The lowest BCUT2D eigenvalue weighted by Crippen LogP contribution is -2.27. The topological polar surface area (TPSA) is 78.3 Å². The van der Waals surface area contributed by atoms with Gasteiger partial charge in [-0.1, -0.05) is 6.07 Å². The zero-order chi connectivity index (χ0) is 21.5. The highest BCUT2D eigenvalue weighted by atomic mass is 19.4. The largest absolute Gasteiger partial charge is 0.454 e. The molecule has 0 fully saturated rings. The molecule has 1 unspecified atom stereocenters. The quantitative estimate of drug-likeness (QED) is 0.697. The van der Waals surface area contributed by atoms with E-state index in [1.807, 2.05) is 13.0 Å². The molecule has 0 bridgehead atoms. The minimum atomic E-state index is -4.47. The number of nitrogens with one attached hydrogen (secondary N) is 1. The first-order valence-electron chi connectivity index (χ1n) is 9.02. The molecule has 3 aromatic rings. The van der Waals surface area contributed by atoms with Crippen LogP contribution in [-0.2, 0) is 6.18 Å². The molecule has 0 aliphatic carbocycles. The number of pyridine rings is 1. The number of aromatic nitrogens is 3. The van der Waals surface area contributed by atoms with Crippen LogP contribution in [0.3, 0.4) is 0 Å². The number of fused-ring (bicyclic) bond motifs is 1. The minimum absolute atomic E-state index is 0.163. The molecule has 0 saturated carbocycles. The summed E-state index contributed by atoms with van der Waals surface area (Å²) in [6, 6.07) is 7.22. The summed E-state index contributed by atoms with van der Waals surface area (Å²) in [6.45, 7) is 3.63. The molecule has 4 rings (SSSR count). The molecule has 0 radical (unpaired) electrons. The van der Waals surface area contributed by atoms with Crippen LogP contribution in [0.2, 0.25) is 0 Å². The highest BCUT2D eigenvalue weighted by Crippen LogP contribution is 2.34. The molecular weight excluding hydrogens is 401 g/mol. The molecule has 1 amide bonds. The Hall–Kier alpha value is -3.56. The van der Waals surface area contributed by atoms with Crippen molar-refractivity contribution < 1.29 is 27.4 Å². The summed E-state index contributed by atoms with van der Waals surface area (Å²) in [5.41, 5.74) is 0.732. The second-order valence-electron chi connectivity index (χ2n) is 6.77. The van der Waals surface area contributed by atoms with Crippen molar-refractivity contribution >= 4 is 5.91 Å². The second-order valence-corrected chi connectivity index (χ2v) is 6.77. The Balaban J connectivity index is 1.51. The zero-order valence-electron chi connectivity index (χ0n) is 16.0. The fraction of sp³-hybridized carbons (Fsp3) is 0.250. The monoisotopic (exact) mass is 418 g/mol. The Labute approximate surface area is 169 Å².